The maximum absolute atomic E-state index is 12.3. The summed E-state index contributed by atoms with van der Waals surface area (Å²) in [7, 11) is 0. The minimum atomic E-state index is 0.0882. The van der Waals surface area contributed by atoms with E-state index in [2.05, 4.69) is 11.9 Å². The fourth-order valence-electron chi connectivity index (χ4n) is 1.87. The summed E-state index contributed by atoms with van der Waals surface area (Å²) in [6, 6.07) is 3.82. The summed E-state index contributed by atoms with van der Waals surface area (Å²) in [6.45, 7) is 2.98. The summed E-state index contributed by atoms with van der Waals surface area (Å²) in [6.07, 6.45) is 6.01. The number of halogens is 1. The first kappa shape index (κ1) is 12.4. The third-order valence-electron chi connectivity index (χ3n) is 2.97. The summed E-state index contributed by atoms with van der Waals surface area (Å²) in [5.41, 5.74) is 0.646. The molecule has 0 bridgehead atoms. The summed E-state index contributed by atoms with van der Waals surface area (Å²) in [5.74, 6) is 0.0882. The molecule has 0 unspecified atom stereocenters. The Hall–Kier alpha value is -1.09. The zero-order chi connectivity index (χ0) is 12.3. The minimum Gasteiger partial charge on any atom is -0.336 e. The summed E-state index contributed by atoms with van der Waals surface area (Å²) in [5, 5.41) is 0.377. The van der Waals surface area contributed by atoms with Gasteiger partial charge in [-0.05, 0) is 31.4 Å². The molecule has 1 amide bonds. The van der Waals surface area contributed by atoms with E-state index in [1.54, 1.807) is 18.3 Å². The van der Waals surface area contributed by atoms with Crippen LogP contribution in [0.25, 0.3) is 0 Å². The van der Waals surface area contributed by atoms with E-state index < -0.39 is 0 Å². The fraction of sp³-hybridized carbons (Fsp3) is 0.538. The SMILES string of the molecule is CCCCN(C(=O)c1ccnc(Cl)c1)C1CC1. The number of carbonyl (C=O) groups is 1. The molecule has 92 valence electrons. The first-order valence-electron chi connectivity index (χ1n) is 6.15. The highest BCUT2D eigenvalue weighted by Crippen LogP contribution is 2.28. The van der Waals surface area contributed by atoms with E-state index >= 15 is 0 Å². The number of amides is 1. The predicted molar refractivity (Wildman–Crippen MR) is 68.2 cm³/mol. The Morgan fingerprint density at radius 3 is 2.94 bits per heavy atom. The zero-order valence-electron chi connectivity index (χ0n) is 10.0. The molecule has 4 heteroatoms. The van der Waals surface area contributed by atoms with Gasteiger partial charge in [0.15, 0.2) is 0 Å². The van der Waals surface area contributed by atoms with Crippen molar-refractivity contribution in [3.63, 3.8) is 0 Å². The number of hydrogen-bond donors (Lipinski definition) is 0. The monoisotopic (exact) mass is 252 g/mol. The molecule has 1 aromatic rings. The lowest BCUT2D eigenvalue weighted by molar-refractivity contribution is 0.0740. The number of carbonyl (C=O) groups excluding carboxylic acids is 1. The normalized spacial score (nSPS) is 14.7. The Kier molecular flexibility index (Phi) is 4.00. The molecule has 1 aliphatic rings. The Bertz CT molecular complexity index is 404. The van der Waals surface area contributed by atoms with E-state index in [0.29, 0.717) is 16.8 Å². The first-order chi connectivity index (χ1) is 8.22. The molecule has 0 radical (unpaired) electrons. The maximum Gasteiger partial charge on any atom is 0.254 e. The van der Waals surface area contributed by atoms with Gasteiger partial charge in [-0.3, -0.25) is 4.79 Å². The Balaban J connectivity index is 2.10. The third kappa shape index (κ3) is 3.19. The van der Waals surface area contributed by atoms with Crippen molar-refractivity contribution in [2.75, 3.05) is 6.54 Å². The highest BCUT2D eigenvalue weighted by atomic mass is 35.5. The van der Waals surface area contributed by atoms with Crippen molar-refractivity contribution in [1.29, 1.82) is 0 Å². The standard InChI is InChI=1S/C13H17ClN2O/c1-2-3-8-16(11-4-5-11)13(17)10-6-7-15-12(14)9-10/h6-7,9,11H,2-5,8H2,1H3. The summed E-state index contributed by atoms with van der Waals surface area (Å²) in [4.78, 5) is 18.2. The van der Waals surface area contributed by atoms with Gasteiger partial charge < -0.3 is 4.90 Å². The molecule has 2 rings (SSSR count). The van der Waals surface area contributed by atoms with Crippen molar-refractivity contribution in [3.8, 4) is 0 Å². The highest BCUT2D eigenvalue weighted by Gasteiger charge is 2.32. The molecule has 1 heterocycles. The van der Waals surface area contributed by atoms with Crippen molar-refractivity contribution in [3.05, 3.63) is 29.0 Å². The van der Waals surface area contributed by atoms with Crippen LogP contribution in [0.1, 0.15) is 43.0 Å². The molecule has 0 aliphatic heterocycles. The van der Waals surface area contributed by atoms with Crippen LogP contribution >= 0.6 is 11.6 Å². The Morgan fingerprint density at radius 2 is 2.35 bits per heavy atom. The van der Waals surface area contributed by atoms with Crippen LogP contribution < -0.4 is 0 Å². The van der Waals surface area contributed by atoms with Crippen molar-refractivity contribution < 1.29 is 4.79 Å². The molecular weight excluding hydrogens is 236 g/mol. The average Bonchev–Trinajstić information content (AvgIpc) is 3.14. The number of pyridine rings is 1. The van der Waals surface area contributed by atoms with Gasteiger partial charge in [0.25, 0.3) is 5.91 Å². The molecule has 0 saturated heterocycles. The second-order valence-electron chi connectivity index (χ2n) is 4.45. The van der Waals surface area contributed by atoms with Crippen LogP contribution in [0.4, 0.5) is 0 Å². The lowest BCUT2D eigenvalue weighted by atomic mass is 10.2. The van der Waals surface area contributed by atoms with E-state index in [9.17, 15) is 4.79 Å². The average molecular weight is 253 g/mol. The van der Waals surface area contributed by atoms with Crippen molar-refractivity contribution in [2.24, 2.45) is 0 Å². The van der Waals surface area contributed by atoms with Crippen LogP contribution in [0.2, 0.25) is 5.15 Å². The van der Waals surface area contributed by atoms with E-state index in [1.807, 2.05) is 4.90 Å². The van der Waals surface area contributed by atoms with E-state index in [0.717, 1.165) is 32.2 Å². The van der Waals surface area contributed by atoms with Gasteiger partial charge in [-0.15, -0.1) is 0 Å². The number of aromatic nitrogens is 1. The van der Waals surface area contributed by atoms with E-state index in [1.165, 1.54) is 0 Å². The molecule has 3 nitrogen and oxygen atoms in total. The van der Waals surface area contributed by atoms with Gasteiger partial charge in [-0.25, -0.2) is 4.98 Å². The number of rotatable bonds is 5. The van der Waals surface area contributed by atoms with Gasteiger partial charge in [-0.1, -0.05) is 24.9 Å². The summed E-state index contributed by atoms with van der Waals surface area (Å²) < 4.78 is 0. The number of hydrogen-bond acceptors (Lipinski definition) is 2. The molecular formula is C13H17ClN2O. The van der Waals surface area contributed by atoms with Crippen LogP contribution in [0.3, 0.4) is 0 Å². The van der Waals surface area contributed by atoms with E-state index in [-0.39, 0.29) is 5.91 Å². The molecule has 17 heavy (non-hydrogen) atoms. The van der Waals surface area contributed by atoms with Gasteiger partial charge in [-0.2, -0.15) is 0 Å². The summed E-state index contributed by atoms with van der Waals surface area (Å²) >= 11 is 5.81. The first-order valence-corrected chi connectivity index (χ1v) is 6.52. The Labute approximate surface area is 107 Å². The topological polar surface area (TPSA) is 33.2 Å². The molecule has 1 aliphatic carbocycles. The Morgan fingerprint density at radius 1 is 1.59 bits per heavy atom. The van der Waals surface area contributed by atoms with Crippen LogP contribution in [0.5, 0.6) is 0 Å². The highest BCUT2D eigenvalue weighted by molar-refractivity contribution is 6.29. The van der Waals surface area contributed by atoms with Gasteiger partial charge >= 0.3 is 0 Å². The zero-order valence-corrected chi connectivity index (χ0v) is 10.8. The van der Waals surface area contributed by atoms with Crippen molar-refractivity contribution in [2.45, 2.75) is 38.6 Å². The second-order valence-corrected chi connectivity index (χ2v) is 4.84. The molecule has 0 spiro atoms. The number of unbranched alkanes of at least 4 members (excludes halogenated alkanes) is 1. The second kappa shape index (κ2) is 5.50. The van der Waals surface area contributed by atoms with Gasteiger partial charge in [0.2, 0.25) is 0 Å². The van der Waals surface area contributed by atoms with Gasteiger partial charge in [0.05, 0.1) is 0 Å². The van der Waals surface area contributed by atoms with Crippen LogP contribution in [-0.4, -0.2) is 28.4 Å². The van der Waals surface area contributed by atoms with Crippen LogP contribution in [0, 0.1) is 0 Å². The fourth-order valence-corrected chi connectivity index (χ4v) is 2.04. The molecule has 0 N–H and O–H groups in total. The molecule has 1 aromatic heterocycles. The van der Waals surface area contributed by atoms with E-state index in [4.69, 9.17) is 11.6 Å². The molecule has 1 saturated carbocycles. The minimum absolute atomic E-state index is 0.0882. The quantitative estimate of drug-likeness (QED) is 0.755. The van der Waals surface area contributed by atoms with Gasteiger partial charge in [0, 0.05) is 24.3 Å². The molecule has 0 aromatic carbocycles. The van der Waals surface area contributed by atoms with Gasteiger partial charge in [0.1, 0.15) is 5.15 Å². The number of nitrogens with zero attached hydrogens (tertiary/aromatic N) is 2. The predicted octanol–water partition coefficient (Wildman–Crippen LogP) is 3.14. The van der Waals surface area contributed by atoms with Crippen molar-refractivity contribution in [1.82, 2.24) is 9.88 Å². The van der Waals surface area contributed by atoms with Crippen LogP contribution in [0.15, 0.2) is 18.3 Å². The largest absolute Gasteiger partial charge is 0.336 e. The van der Waals surface area contributed by atoms with Crippen molar-refractivity contribution >= 4 is 17.5 Å². The molecule has 1 fully saturated rings. The smallest absolute Gasteiger partial charge is 0.254 e. The third-order valence-corrected chi connectivity index (χ3v) is 3.18. The van der Waals surface area contributed by atoms with Crippen LogP contribution in [-0.2, 0) is 0 Å². The molecule has 0 atom stereocenters. The maximum atomic E-state index is 12.3. The lowest BCUT2D eigenvalue weighted by Crippen LogP contribution is -2.34. The lowest BCUT2D eigenvalue weighted by Gasteiger charge is -2.22.